The Labute approximate surface area is 261 Å². The van der Waals surface area contributed by atoms with Gasteiger partial charge in [-0.2, -0.15) is 0 Å². The molecule has 0 bridgehead atoms. The van der Waals surface area contributed by atoms with Crippen LogP contribution in [0.1, 0.15) is 122 Å². The summed E-state index contributed by atoms with van der Waals surface area (Å²) in [6.07, 6.45) is 1.81. The van der Waals surface area contributed by atoms with Crippen molar-refractivity contribution in [3.63, 3.8) is 0 Å². The number of nitrogens with zero attached hydrogens (tertiary/aromatic N) is 2. The van der Waals surface area contributed by atoms with Crippen molar-refractivity contribution in [2.24, 2.45) is 0 Å². The number of hydrogen-bond acceptors (Lipinski definition) is 4. The van der Waals surface area contributed by atoms with E-state index in [0.29, 0.717) is 25.4 Å². The van der Waals surface area contributed by atoms with E-state index in [0.717, 1.165) is 33.5 Å². The van der Waals surface area contributed by atoms with Crippen LogP contribution >= 0.6 is 0 Å². The van der Waals surface area contributed by atoms with E-state index < -0.39 is 0 Å². The predicted molar refractivity (Wildman–Crippen MR) is 166 cm³/mol. The van der Waals surface area contributed by atoms with Gasteiger partial charge in [0.25, 0.3) is 0 Å². The Balaban J connectivity index is 0.00000588. The Morgan fingerprint density at radius 2 is 1.15 bits per heavy atom. The maximum absolute atomic E-state index is 13.9. The maximum atomic E-state index is 13.9. The number of rotatable bonds is 6. The van der Waals surface area contributed by atoms with Gasteiger partial charge in [0.1, 0.15) is 5.75 Å². The van der Waals surface area contributed by atoms with Gasteiger partial charge in [-0.05, 0) is 61.6 Å². The average Bonchev–Trinajstić information content (AvgIpc) is 2.79. The number of pyridine rings is 1. The summed E-state index contributed by atoms with van der Waals surface area (Å²) in [5, 5.41) is 25.4. The summed E-state index contributed by atoms with van der Waals surface area (Å²) < 4.78 is 0. The molecule has 0 fully saturated rings. The van der Waals surface area contributed by atoms with Gasteiger partial charge >= 0.3 is 18.9 Å². The summed E-state index contributed by atoms with van der Waals surface area (Å²) in [6.45, 7) is 27.5. The van der Waals surface area contributed by atoms with Gasteiger partial charge < -0.3 is 10.2 Å². The number of hydrogen-bond donors (Lipinski definition) is 1. The molecule has 0 atom stereocenters. The monoisotopic (exact) mass is 550 g/mol. The summed E-state index contributed by atoms with van der Waals surface area (Å²) in [4.78, 5) is 6.83. The van der Waals surface area contributed by atoms with Crippen LogP contribution in [0.2, 0.25) is 0 Å². The van der Waals surface area contributed by atoms with Gasteiger partial charge in [0, 0.05) is 31.4 Å². The van der Waals surface area contributed by atoms with Crippen LogP contribution in [0.4, 0.5) is 0 Å². The zero-order chi connectivity index (χ0) is 30.3. The molecule has 5 heteroatoms. The van der Waals surface area contributed by atoms with E-state index in [1.807, 2.05) is 18.2 Å². The molecule has 0 aliphatic rings. The minimum absolute atomic E-state index is 0. The molecule has 0 unspecified atom stereocenters. The third-order valence-corrected chi connectivity index (χ3v) is 7.60. The Kier molecular flexibility index (Phi) is 10.7. The molecule has 0 amide bonds. The van der Waals surface area contributed by atoms with Crippen LogP contribution in [0.25, 0.3) is 0 Å². The first-order valence-electron chi connectivity index (χ1n) is 14.5. The van der Waals surface area contributed by atoms with Crippen molar-refractivity contribution in [3.8, 4) is 11.5 Å². The van der Waals surface area contributed by atoms with Crippen molar-refractivity contribution in [2.45, 2.75) is 124 Å². The molecule has 2 aromatic carbocycles. The summed E-state index contributed by atoms with van der Waals surface area (Å²) in [6, 6.07) is 14.4. The molecular weight excluding hydrogens is 499 g/mol. The molecular formula is C36H51LiN2O2. The quantitative estimate of drug-likeness (QED) is 0.426. The minimum atomic E-state index is -0.264. The van der Waals surface area contributed by atoms with E-state index in [1.54, 1.807) is 6.20 Å². The molecule has 4 nitrogen and oxygen atoms in total. The third kappa shape index (κ3) is 8.87. The van der Waals surface area contributed by atoms with E-state index in [-0.39, 0.29) is 46.3 Å². The van der Waals surface area contributed by atoms with Gasteiger partial charge in [-0.15, -0.1) is 5.75 Å². The van der Waals surface area contributed by atoms with Gasteiger partial charge in [-0.25, -0.2) is 0 Å². The van der Waals surface area contributed by atoms with Crippen molar-refractivity contribution in [1.82, 2.24) is 9.88 Å². The van der Waals surface area contributed by atoms with Crippen LogP contribution in [0.3, 0.4) is 0 Å². The number of phenolic OH excluding ortho intramolecular Hbond substituents is 1. The van der Waals surface area contributed by atoms with Crippen LogP contribution in [0.5, 0.6) is 11.5 Å². The Morgan fingerprint density at radius 3 is 1.61 bits per heavy atom. The van der Waals surface area contributed by atoms with Crippen LogP contribution in [0, 0.1) is 0 Å². The first-order chi connectivity index (χ1) is 18.2. The molecule has 0 spiro atoms. The Hall–Kier alpha value is -2.25. The topological polar surface area (TPSA) is 59.4 Å². The molecule has 0 radical (unpaired) electrons. The fourth-order valence-corrected chi connectivity index (χ4v) is 4.99. The molecule has 1 aromatic heterocycles. The van der Waals surface area contributed by atoms with Gasteiger partial charge in [-0.3, -0.25) is 9.88 Å². The Morgan fingerprint density at radius 1 is 0.659 bits per heavy atom. The number of benzene rings is 2. The molecule has 1 N–H and O–H groups in total. The molecule has 0 saturated carbocycles. The fraction of sp³-hybridized carbons (Fsp3) is 0.528. The predicted octanol–water partition coefficient (Wildman–Crippen LogP) is 5.26. The van der Waals surface area contributed by atoms with Gasteiger partial charge in [0.15, 0.2) is 0 Å². The molecule has 0 aliphatic carbocycles. The van der Waals surface area contributed by atoms with Crippen LogP contribution in [-0.4, -0.2) is 15.0 Å². The smallest absolute Gasteiger partial charge is 0.872 e. The normalized spacial score (nSPS) is 12.9. The molecule has 0 saturated heterocycles. The van der Waals surface area contributed by atoms with Crippen molar-refractivity contribution >= 4 is 0 Å². The standard InChI is InChI=1S/C36H52N2O2.Li/c1-33(2,3)26-17-24(31(39)29(19-26)35(7,8)9)21-38(23-28-15-13-14-16-37-28)22-25-18-27(34(4,5)6)20-30(32(25)40)36(10,11)12;/h13-20,39-40H,21-23H2,1-12H3;/q;+1/p-1. The van der Waals surface area contributed by atoms with Gasteiger partial charge in [-0.1, -0.05) is 113 Å². The summed E-state index contributed by atoms with van der Waals surface area (Å²) in [7, 11) is 0. The summed E-state index contributed by atoms with van der Waals surface area (Å²) in [5.74, 6) is 0.447. The van der Waals surface area contributed by atoms with Crippen molar-refractivity contribution in [1.29, 1.82) is 0 Å². The second kappa shape index (κ2) is 12.5. The second-order valence-electron chi connectivity index (χ2n) is 15.5. The van der Waals surface area contributed by atoms with Crippen molar-refractivity contribution in [3.05, 3.63) is 87.7 Å². The zero-order valence-corrected chi connectivity index (χ0v) is 28.0. The summed E-state index contributed by atoms with van der Waals surface area (Å²) in [5.41, 5.74) is 6.11. The molecule has 41 heavy (non-hydrogen) atoms. The van der Waals surface area contributed by atoms with Gasteiger partial charge in [0.2, 0.25) is 0 Å². The molecule has 218 valence electrons. The van der Waals surface area contributed by atoms with E-state index in [4.69, 9.17) is 0 Å². The van der Waals surface area contributed by atoms with Gasteiger partial charge in [0.05, 0.1) is 5.69 Å². The number of aromatic nitrogens is 1. The molecule has 3 aromatic rings. The first-order valence-corrected chi connectivity index (χ1v) is 14.5. The maximum Gasteiger partial charge on any atom is 1.00 e. The van der Waals surface area contributed by atoms with Crippen LogP contribution in [-0.2, 0) is 41.3 Å². The molecule has 3 rings (SSSR count). The average molecular weight is 551 g/mol. The second-order valence-corrected chi connectivity index (χ2v) is 15.5. The van der Waals surface area contributed by atoms with Crippen LogP contribution < -0.4 is 24.0 Å². The fourth-order valence-electron chi connectivity index (χ4n) is 4.99. The first kappa shape index (κ1) is 34.9. The molecule has 1 heterocycles. The third-order valence-electron chi connectivity index (χ3n) is 7.60. The number of aromatic hydroxyl groups is 1. The van der Waals surface area contributed by atoms with E-state index in [9.17, 15) is 10.2 Å². The zero-order valence-electron chi connectivity index (χ0n) is 28.0. The minimum Gasteiger partial charge on any atom is -0.872 e. The van der Waals surface area contributed by atoms with Crippen molar-refractivity contribution in [2.75, 3.05) is 0 Å². The Bertz CT molecular complexity index is 1240. The van der Waals surface area contributed by atoms with E-state index in [1.165, 1.54) is 5.56 Å². The summed E-state index contributed by atoms with van der Waals surface area (Å²) >= 11 is 0. The SMILES string of the molecule is CC(C)(C)c1cc(CN(Cc2ccccn2)Cc2cc(C(C)(C)C)cc(C(C)(C)C)c2O)c([O-])c(C(C)(C)C)c1.[Li+]. The molecule has 0 aliphatic heterocycles. The van der Waals surface area contributed by atoms with E-state index >= 15 is 0 Å². The van der Waals surface area contributed by atoms with E-state index in [2.05, 4.69) is 117 Å². The van der Waals surface area contributed by atoms with Crippen LogP contribution in [0.15, 0.2) is 48.7 Å². The number of phenols is 1. The largest absolute Gasteiger partial charge is 1.00 e. The van der Waals surface area contributed by atoms with Crippen molar-refractivity contribution < 1.29 is 29.1 Å².